The molecule has 2 rings (SSSR count). The number of carbonyl (C=O) groups is 2. The van der Waals surface area contributed by atoms with E-state index < -0.39 is 17.9 Å². The number of carboxylic acids is 2. The first-order valence-electron chi connectivity index (χ1n) is 7.47. The van der Waals surface area contributed by atoms with Crippen molar-refractivity contribution in [2.24, 2.45) is 5.92 Å². The van der Waals surface area contributed by atoms with Crippen LogP contribution in [0, 0.1) is 12.8 Å². The highest BCUT2D eigenvalue weighted by Gasteiger charge is 2.28. The van der Waals surface area contributed by atoms with E-state index in [-0.39, 0.29) is 16.9 Å². The van der Waals surface area contributed by atoms with Crippen molar-refractivity contribution in [2.75, 3.05) is 0 Å². The number of nitrogens with zero attached hydrogens (tertiary/aromatic N) is 1. The van der Waals surface area contributed by atoms with Crippen LogP contribution in [-0.2, 0) is 11.3 Å². The van der Waals surface area contributed by atoms with Crippen LogP contribution < -0.4 is 0 Å². The summed E-state index contributed by atoms with van der Waals surface area (Å²) < 4.78 is 1.88. The molecule has 0 radical (unpaired) electrons. The van der Waals surface area contributed by atoms with E-state index in [2.05, 4.69) is 0 Å². The van der Waals surface area contributed by atoms with Crippen LogP contribution in [0.25, 0.3) is 10.9 Å². The fraction of sp³-hybridized carbons (Fsp3) is 0.412. The molecule has 0 aliphatic rings. The van der Waals surface area contributed by atoms with Crippen molar-refractivity contribution < 1.29 is 24.9 Å². The highest BCUT2D eigenvalue weighted by atomic mass is 16.4. The minimum absolute atomic E-state index is 0.0552. The van der Waals surface area contributed by atoms with Gasteiger partial charge in [0.2, 0.25) is 0 Å². The van der Waals surface area contributed by atoms with Crippen LogP contribution in [0.1, 0.15) is 48.3 Å². The number of fused-ring (bicyclic) bond motifs is 1. The minimum Gasteiger partial charge on any atom is -0.508 e. The van der Waals surface area contributed by atoms with Gasteiger partial charge >= 0.3 is 11.9 Å². The maximum Gasteiger partial charge on any atom is 0.338 e. The fourth-order valence-corrected chi connectivity index (χ4v) is 3.01. The number of aromatic carboxylic acids is 1. The quantitative estimate of drug-likeness (QED) is 0.786. The molecule has 124 valence electrons. The summed E-state index contributed by atoms with van der Waals surface area (Å²) in [5.41, 5.74) is 1.40. The molecule has 0 amide bonds. The summed E-state index contributed by atoms with van der Waals surface area (Å²) in [6.45, 7) is 7.80. The fourth-order valence-electron chi connectivity index (χ4n) is 3.01. The van der Waals surface area contributed by atoms with Gasteiger partial charge in [0.25, 0.3) is 0 Å². The third kappa shape index (κ3) is 2.76. The molecule has 1 aromatic carbocycles. The van der Waals surface area contributed by atoms with Gasteiger partial charge in [-0.2, -0.15) is 0 Å². The van der Waals surface area contributed by atoms with Gasteiger partial charge in [0.1, 0.15) is 5.75 Å². The van der Waals surface area contributed by atoms with Gasteiger partial charge in [0.05, 0.1) is 11.5 Å². The number of carboxylic acid groups (broad SMARTS) is 2. The van der Waals surface area contributed by atoms with Crippen molar-refractivity contribution in [3.63, 3.8) is 0 Å². The Morgan fingerprint density at radius 2 is 1.78 bits per heavy atom. The molecule has 0 saturated heterocycles. The van der Waals surface area contributed by atoms with Crippen LogP contribution in [-0.4, -0.2) is 31.8 Å². The van der Waals surface area contributed by atoms with Gasteiger partial charge in [-0.3, -0.25) is 4.79 Å². The molecule has 1 heterocycles. The predicted octanol–water partition coefficient (Wildman–Crippen LogP) is 3.20. The highest BCUT2D eigenvalue weighted by Crippen LogP contribution is 2.38. The summed E-state index contributed by atoms with van der Waals surface area (Å²) in [7, 11) is 0. The lowest BCUT2D eigenvalue weighted by Crippen LogP contribution is -2.09. The molecular formula is C17H21NO5. The first kappa shape index (κ1) is 16.9. The van der Waals surface area contributed by atoms with Crippen molar-refractivity contribution in [3.8, 4) is 5.75 Å². The summed E-state index contributed by atoms with van der Waals surface area (Å²) >= 11 is 0. The van der Waals surface area contributed by atoms with Crippen LogP contribution in [0.2, 0.25) is 0 Å². The average Bonchev–Trinajstić information content (AvgIpc) is 2.70. The molecule has 0 spiro atoms. The Bertz CT molecular complexity index is 788. The Morgan fingerprint density at radius 3 is 2.26 bits per heavy atom. The smallest absolute Gasteiger partial charge is 0.338 e. The molecule has 1 unspecified atom stereocenters. The third-order valence-corrected chi connectivity index (χ3v) is 4.07. The molecule has 0 aliphatic carbocycles. The molecule has 3 N–H and O–H groups in total. The SMILES string of the molecule is Cc1c(C(=O)O)c2c(C(C)C(=O)O)c(O)ccc2n1CC(C)C. The van der Waals surface area contributed by atoms with Crippen LogP contribution >= 0.6 is 0 Å². The zero-order valence-corrected chi connectivity index (χ0v) is 13.6. The van der Waals surface area contributed by atoms with E-state index in [1.54, 1.807) is 13.0 Å². The summed E-state index contributed by atoms with van der Waals surface area (Å²) in [4.78, 5) is 23.1. The van der Waals surface area contributed by atoms with Crippen molar-refractivity contribution >= 4 is 22.8 Å². The van der Waals surface area contributed by atoms with E-state index in [4.69, 9.17) is 0 Å². The number of hydrogen-bond acceptors (Lipinski definition) is 3. The number of benzene rings is 1. The van der Waals surface area contributed by atoms with E-state index in [0.717, 1.165) is 0 Å². The molecule has 23 heavy (non-hydrogen) atoms. The molecule has 6 heteroatoms. The van der Waals surface area contributed by atoms with Crippen molar-refractivity contribution in [2.45, 2.75) is 40.2 Å². The minimum atomic E-state index is -1.13. The molecule has 1 aromatic heterocycles. The van der Waals surface area contributed by atoms with E-state index in [9.17, 15) is 24.9 Å². The van der Waals surface area contributed by atoms with Gasteiger partial charge in [-0.1, -0.05) is 13.8 Å². The van der Waals surface area contributed by atoms with Crippen molar-refractivity contribution in [1.82, 2.24) is 4.57 Å². The Labute approximate surface area is 134 Å². The second kappa shape index (κ2) is 5.95. The predicted molar refractivity (Wildman–Crippen MR) is 86.2 cm³/mol. The Hall–Kier alpha value is -2.50. The van der Waals surface area contributed by atoms with E-state index in [0.29, 0.717) is 29.1 Å². The topological polar surface area (TPSA) is 99.8 Å². The first-order valence-corrected chi connectivity index (χ1v) is 7.47. The molecule has 0 fully saturated rings. The molecule has 6 nitrogen and oxygen atoms in total. The number of aromatic nitrogens is 1. The Balaban J connectivity index is 2.95. The molecule has 1 atom stereocenters. The molecule has 0 bridgehead atoms. The molecule has 0 aliphatic heterocycles. The lowest BCUT2D eigenvalue weighted by atomic mass is 9.94. The molecule has 0 saturated carbocycles. The van der Waals surface area contributed by atoms with Gasteiger partial charge < -0.3 is 19.9 Å². The number of phenols is 1. The largest absolute Gasteiger partial charge is 0.508 e. The number of rotatable bonds is 5. The summed E-state index contributed by atoms with van der Waals surface area (Å²) in [5.74, 6) is -3.15. The van der Waals surface area contributed by atoms with E-state index >= 15 is 0 Å². The molecule has 2 aromatic rings. The van der Waals surface area contributed by atoms with E-state index in [1.165, 1.54) is 13.0 Å². The van der Waals surface area contributed by atoms with Gasteiger partial charge in [0, 0.05) is 28.7 Å². The third-order valence-electron chi connectivity index (χ3n) is 4.07. The summed E-state index contributed by atoms with van der Waals surface area (Å²) in [6.07, 6.45) is 0. The van der Waals surface area contributed by atoms with Gasteiger partial charge in [-0.05, 0) is 31.9 Å². The number of phenolic OH excluding ortho intramolecular Hbond substituents is 1. The van der Waals surface area contributed by atoms with Gasteiger partial charge in [0.15, 0.2) is 0 Å². The van der Waals surface area contributed by atoms with Crippen LogP contribution in [0.3, 0.4) is 0 Å². The number of hydrogen-bond donors (Lipinski definition) is 3. The van der Waals surface area contributed by atoms with E-state index in [1.807, 2.05) is 18.4 Å². The first-order chi connectivity index (χ1) is 10.7. The maximum atomic E-state index is 11.7. The standard InChI is InChI=1S/C17H21NO5/c1-8(2)7-18-10(4)14(17(22)23)15-11(18)5-6-12(19)13(15)9(3)16(20)21/h5-6,8-9,19H,7H2,1-4H3,(H,20,21)(H,22,23). The Morgan fingerprint density at radius 1 is 1.17 bits per heavy atom. The summed E-state index contributed by atoms with van der Waals surface area (Å²) in [6, 6.07) is 3.07. The second-order valence-electron chi connectivity index (χ2n) is 6.22. The number of aliphatic carboxylic acids is 1. The van der Waals surface area contributed by atoms with Gasteiger partial charge in [-0.15, -0.1) is 0 Å². The van der Waals surface area contributed by atoms with Gasteiger partial charge in [-0.25, -0.2) is 4.79 Å². The number of aromatic hydroxyl groups is 1. The van der Waals surface area contributed by atoms with Crippen molar-refractivity contribution in [3.05, 3.63) is 29.0 Å². The van der Waals surface area contributed by atoms with Crippen LogP contribution in [0.5, 0.6) is 5.75 Å². The average molecular weight is 319 g/mol. The highest BCUT2D eigenvalue weighted by molar-refractivity contribution is 6.08. The normalized spacial score (nSPS) is 12.7. The van der Waals surface area contributed by atoms with Crippen LogP contribution in [0.4, 0.5) is 0 Å². The zero-order valence-electron chi connectivity index (χ0n) is 13.6. The second-order valence-corrected chi connectivity index (χ2v) is 6.22. The lowest BCUT2D eigenvalue weighted by Gasteiger charge is -2.13. The lowest BCUT2D eigenvalue weighted by molar-refractivity contribution is -0.138. The molecular weight excluding hydrogens is 298 g/mol. The zero-order chi connectivity index (χ0) is 17.5. The maximum absolute atomic E-state index is 11.7. The summed E-state index contributed by atoms with van der Waals surface area (Å²) in [5, 5.41) is 29.4. The van der Waals surface area contributed by atoms with Crippen LogP contribution in [0.15, 0.2) is 12.1 Å². The Kier molecular flexibility index (Phi) is 4.36. The monoisotopic (exact) mass is 319 g/mol. The van der Waals surface area contributed by atoms with Crippen molar-refractivity contribution in [1.29, 1.82) is 0 Å².